The van der Waals surface area contributed by atoms with E-state index in [0.29, 0.717) is 0 Å². The summed E-state index contributed by atoms with van der Waals surface area (Å²) in [4.78, 5) is 0. The molecule has 8 aromatic carbocycles. The zero-order chi connectivity index (χ0) is 35.5. The van der Waals surface area contributed by atoms with Gasteiger partial charge in [-0.3, -0.25) is 0 Å². The molecule has 0 fully saturated rings. The first-order valence-corrected chi connectivity index (χ1v) is 22.6. The van der Waals surface area contributed by atoms with E-state index in [4.69, 9.17) is 0 Å². The van der Waals surface area contributed by atoms with Crippen molar-refractivity contribution in [1.82, 2.24) is 0 Å². The zero-order valence-electron chi connectivity index (χ0n) is 29.6. The van der Waals surface area contributed by atoms with Crippen LogP contribution in [0.4, 0.5) is 0 Å². The Morgan fingerprint density at radius 3 is 0.906 bits per heavy atom. The molecule has 2 heteroatoms. The van der Waals surface area contributed by atoms with Crippen LogP contribution in [0.3, 0.4) is 0 Å². The predicted octanol–water partition coefficient (Wildman–Crippen LogP) is 10.0. The van der Waals surface area contributed by atoms with E-state index in [9.17, 15) is 0 Å². The third kappa shape index (κ3) is 5.54. The van der Waals surface area contributed by atoms with Crippen molar-refractivity contribution < 1.29 is 0 Å². The van der Waals surface area contributed by atoms with Gasteiger partial charge in [0.25, 0.3) is 0 Å². The van der Waals surface area contributed by atoms with Crippen molar-refractivity contribution in [3.63, 3.8) is 0 Å². The number of hydrogen-bond donors (Lipinski definition) is 0. The summed E-state index contributed by atoms with van der Waals surface area (Å²) >= 11 is 0. The molecule has 0 radical (unpaired) electrons. The molecule has 256 valence electrons. The van der Waals surface area contributed by atoms with Gasteiger partial charge >= 0.3 is 316 Å². The molecule has 0 aliphatic heterocycles. The van der Waals surface area contributed by atoms with Crippen LogP contribution < -0.4 is 31.8 Å². The SMILES string of the molecule is c1ccc([PH](C2=C([PH](c3ccccc3)(c3ccccc3)c3ccccc3)c3ccccc3-c3ccccc3C2)(c2ccccc2)c2ccccc2)cc1. The van der Waals surface area contributed by atoms with Crippen LogP contribution in [0, 0.1) is 0 Å². The number of allylic oxidation sites excluding steroid dienone is 1. The Kier molecular flexibility index (Phi) is 9.03. The zero-order valence-corrected chi connectivity index (χ0v) is 31.6. The number of hydrogen-bond acceptors (Lipinski definition) is 0. The van der Waals surface area contributed by atoms with E-state index >= 15 is 0 Å². The molecule has 0 atom stereocenters. The van der Waals surface area contributed by atoms with Crippen molar-refractivity contribution in [2.45, 2.75) is 6.42 Å². The summed E-state index contributed by atoms with van der Waals surface area (Å²) in [6, 6.07) is 87.4. The van der Waals surface area contributed by atoms with Gasteiger partial charge in [-0.05, 0) is 0 Å². The average molecular weight is 717 g/mol. The topological polar surface area (TPSA) is 0 Å². The van der Waals surface area contributed by atoms with E-state index in [1.54, 1.807) is 5.31 Å². The summed E-state index contributed by atoms with van der Waals surface area (Å²) in [5, 5.41) is 11.4. The molecular formula is C51H42P2. The molecule has 0 bridgehead atoms. The first-order valence-electron chi connectivity index (χ1n) is 18.6. The van der Waals surface area contributed by atoms with Crippen molar-refractivity contribution in [3.8, 4) is 11.1 Å². The quantitative estimate of drug-likeness (QED) is 0.137. The van der Waals surface area contributed by atoms with Gasteiger partial charge in [0.2, 0.25) is 0 Å². The Balaban J connectivity index is 1.61. The van der Waals surface area contributed by atoms with Gasteiger partial charge < -0.3 is 0 Å². The molecule has 53 heavy (non-hydrogen) atoms. The van der Waals surface area contributed by atoms with E-state index in [1.807, 2.05) is 0 Å². The second kappa shape index (κ2) is 14.4. The van der Waals surface area contributed by atoms with E-state index in [-0.39, 0.29) is 0 Å². The summed E-state index contributed by atoms with van der Waals surface area (Å²) in [6.45, 7) is 0. The molecule has 9 rings (SSSR count). The molecule has 0 N–H and O–H groups in total. The van der Waals surface area contributed by atoms with Gasteiger partial charge in [0.05, 0.1) is 0 Å². The molecule has 1 aliphatic carbocycles. The summed E-state index contributed by atoms with van der Waals surface area (Å²) in [5.41, 5.74) is 5.35. The van der Waals surface area contributed by atoms with Crippen molar-refractivity contribution in [3.05, 3.63) is 247 Å². The monoisotopic (exact) mass is 716 g/mol. The molecule has 8 aromatic rings. The second-order valence-corrected chi connectivity index (χ2v) is 21.5. The Morgan fingerprint density at radius 2 is 0.528 bits per heavy atom. The van der Waals surface area contributed by atoms with Crippen molar-refractivity contribution in [2.24, 2.45) is 0 Å². The van der Waals surface area contributed by atoms with Crippen LogP contribution in [0.15, 0.2) is 236 Å². The van der Waals surface area contributed by atoms with Crippen LogP contribution in [0.5, 0.6) is 0 Å². The van der Waals surface area contributed by atoms with Gasteiger partial charge in [-0.25, -0.2) is 0 Å². The van der Waals surface area contributed by atoms with E-state index in [1.165, 1.54) is 59.4 Å². The molecule has 0 nitrogen and oxygen atoms in total. The van der Waals surface area contributed by atoms with Crippen molar-refractivity contribution in [2.75, 3.05) is 0 Å². The van der Waals surface area contributed by atoms with Gasteiger partial charge in [-0.2, -0.15) is 0 Å². The summed E-state index contributed by atoms with van der Waals surface area (Å²) < 4.78 is 0. The Bertz CT molecular complexity index is 2300. The Morgan fingerprint density at radius 1 is 0.245 bits per heavy atom. The molecular weight excluding hydrogens is 675 g/mol. The Labute approximate surface area is 314 Å². The van der Waals surface area contributed by atoms with E-state index in [0.717, 1.165) is 6.42 Å². The third-order valence-corrected chi connectivity index (χ3v) is 21.3. The fraction of sp³-hybridized carbons (Fsp3) is 0.0196. The molecule has 0 saturated heterocycles. The fourth-order valence-electron chi connectivity index (χ4n) is 9.15. The van der Waals surface area contributed by atoms with E-state index < -0.39 is 14.5 Å². The minimum atomic E-state index is -3.10. The number of benzene rings is 8. The van der Waals surface area contributed by atoms with Gasteiger partial charge in [-0.1, -0.05) is 0 Å². The normalized spacial score (nSPS) is 13.4. The van der Waals surface area contributed by atoms with Gasteiger partial charge in [0.1, 0.15) is 0 Å². The molecule has 0 aromatic heterocycles. The maximum absolute atomic E-state index is 3.10. The van der Waals surface area contributed by atoms with Crippen molar-refractivity contribution >= 4 is 51.7 Å². The van der Waals surface area contributed by atoms with Crippen LogP contribution in [0.1, 0.15) is 11.1 Å². The summed E-state index contributed by atoms with van der Waals surface area (Å²) in [7, 11) is -6.15. The first kappa shape index (κ1) is 33.2. The van der Waals surface area contributed by atoms with E-state index in [2.05, 4.69) is 231 Å². The summed E-state index contributed by atoms with van der Waals surface area (Å²) in [6.07, 6.45) is 0.840. The first-order chi connectivity index (χ1) is 26.3. The molecule has 0 spiro atoms. The van der Waals surface area contributed by atoms with Crippen LogP contribution >= 0.6 is 14.5 Å². The molecule has 0 saturated carbocycles. The van der Waals surface area contributed by atoms with Crippen molar-refractivity contribution in [1.29, 1.82) is 0 Å². The van der Waals surface area contributed by atoms with Gasteiger partial charge in [0, 0.05) is 0 Å². The van der Waals surface area contributed by atoms with Crippen LogP contribution in [-0.4, -0.2) is 0 Å². The minimum absolute atomic E-state index is 0.840. The molecule has 0 heterocycles. The molecule has 0 amide bonds. The second-order valence-electron chi connectivity index (χ2n) is 13.9. The standard InChI is InChI=1S/C51H42P2/c1-7-24-41(25-8-1)52(42-26-9-2-10-27-42,43-28-11-3-12-29-43)50-39-40-23-19-20-36-47(40)48-37-21-22-38-49(48)51(50)53(44-30-13-4-14-31-44,45-32-15-5-16-33-45)46-34-17-6-18-35-46/h1-38,52-53H,39H2. The fourth-order valence-corrected chi connectivity index (χ4v) is 20.5. The van der Waals surface area contributed by atoms with Crippen LogP contribution in [-0.2, 0) is 6.42 Å². The predicted molar refractivity (Wildman–Crippen MR) is 236 cm³/mol. The average Bonchev–Trinajstić information content (AvgIpc) is 3.39. The summed E-state index contributed by atoms with van der Waals surface area (Å²) in [5.74, 6) is 0. The third-order valence-electron chi connectivity index (χ3n) is 11.2. The van der Waals surface area contributed by atoms with Crippen LogP contribution in [0.2, 0.25) is 0 Å². The van der Waals surface area contributed by atoms with Gasteiger partial charge in [0.15, 0.2) is 0 Å². The van der Waals surface area contributed by atoms with Gasteiger partial charge in [-0.15, -0.1) is 0 Å². The molecule has 1 aliphatic rings. The van der Waals surface area contributed by atoms with Crippen LogP contribution in [0.25, 0.3) is 16.4 Å². The number of fused-ring (bicyclic) bond motifs is 3. The Hall–Kier alpha value is -5.64. The number of rotatable bonds is 8. The maximum atomic E-state index is 2.43. The molecule has 0 unspecified atom stereocenters.